The first-order chi connectivity index (χ1) is 11.5. The van der Waals surface area contributed by atoms with E-state index in [2.05, 4.69) is 41.5 Å². The highest BCUT2D eigenvalue weighted by atomic mass is 16.5. The zero-order chi connectivity index (χ0) is 18.9. The van der Waals surface area contributed by atoms with Crippen LogP contribution < -0.4 is 0 Å². The van der Waals surface area contributed by atoms with Gasteiger partial charge >= 0.3 is 5.97 Å². The zero-order valence-electron chi connectivity index (χ0n) is 17.2. The van der Waals surface area contributed by atoms with Gasteiger partial charge in [-0.1, -0.05) is 52.7 Å². The molecule has 0 aromatic carbocycles. The van der Waals surface area contributed by atoms with E-state index in [9.17, 15) is 9.90 Å². The summed E-state index contributed by atoms with van der Waals surface area (Å²) in [5.41, 5.74) is 1.75. The van der Waals surface area contributed by atoms with Gasteiger partial charge in [0, 0.05) is 6.92 Å². The van der Waals surface area contributed by atoms with Crippen LogP contribution in [0.2, 0.25) is 0 Å². The number of allylic oxidation sites excluding steroid dienone is 1. The number of hydrogen-bond acceptors (Lipinski definition) is 3. The van der Waals surface area contributed by atoms with E-state index in [0.717, 1.165) is 12.3 Å². The van der Waals surface area contributed by atoms with Crippen LogP contribution in [-0.2, 0) is 9.53 Å². The number of hydrogen-bond donors (Lipinski definition) is 1. The lowest BCUT2D eigenvalue weighted by Gasteiger charge is -2.57. The van der Waals surface area contributed by atoms with E-state index in [1.54, 1.807) is 0 Å². The molecule has 4 aliphatic carbocycles. The summed E-state index contributed by atoms with van der Waals surface area (Å²) in [5, 5.41) is 9.65. The average molecular weight is 351 g/mol. The Hall–Kier alpha value is -0.830. The van der Waals surface area contributed by atoms with Gasteiger partial charge in [-0.05, 0) is 61.2 Å². The first-order valence-electron chi connectivity index (χ1n) is 10.1. The minimum absolute atomic E-state index is 0.130. The van der Waals surface area contributed by atoms with Crippen molar-refractivity contribution in [2.45, 2.75) is 86.4 Å². The second-order valence-electron chi connectivity index (χ2n) is 9.59. The molecule has 2 bridgehead atoms. The fraction of sp³-hybridized carbons (Fsp3) is 0.864. The van der Waals surface area contributed by atoms with E-state index in [-0.39, 0.29) is 18.2 Å². The molecule has 1 N–H and O–H groups in total. The molecule has 0 saturated heterocycles. The first-order valence-corrected chi connectivity index (χ1v) is 10.1. The van der Waals surface area contributed by atoms with Crippen molar-refractivity contribution in [2.24, 2.45) is 35.0 Å². The highest BCUT2D eigenvalue weighted by molar-refractivity contribution is 5.66. The maximum absolute atomic E-state index is 11.0. The van der Waals surface area contributed by atoms with E-state index in [1.165, 1.54) is 31.8 Å². The van der Waals surface area contributed by atoms with Crippen molar-refractivity contribution in [1.82, 2.24) is 0 Å². The Morgan fingerprint density at radius 1 is 1.28 bits per heavy atom. The zero-order valence-corrected chi connectivity index (χ0v) is 17.2. The predicted octanol–water partition coefficient (Wildman–Crippen LogP) is 4.98. The number of carbonyl (C=O) groups is 1. The third-order valence-corrected chi connectivity index (χ3v) is 7.02. The summed E-state index contributed by atoms with van der Waals surface area (Å²) in [6.07, 6.45) is 6.76. The van der Waals surface area contributed by atoms with E-state index in [0.29, 0.717) is 29.1 Å². The Morgan fingerprint density at radius 2 is 1.92 bits per heavy atom. The summed E-state index contributed by atoms with van der Waals surface area (Å²) in [5.74, 6) is 3.03. The molecule has 0 radical (unpaired) electrons. The van der Waals surface area contributed by atoms with Crippen LogP contribution in [-0.4, -0.2) is 23.3 Å². The van der Waals surface area contributed by atoms with Crippen molar-refractivity contribution >= 4 is 5.97 Å². The average Bonchev–Trinajstić information content (AvgIpc) is 2.45. The van der Waals surface area contributed by atoms with Crippen LogP contribution in [0, 0.1) is 35.0 Å². The lowest BCUT2D eigenvalue weighted by Crippen LogP contribution is -2.53. The Bertz CT molecular complexity index is 505. The Balaban J connectivity index is 0.000000185. The lowest BCUT2D eigenvalue weighted by molar-refractivity contribution is -0.153. The monoisotopic (exact) mass is 350 g/mol. The lowest BCUT2D eigenvalue weighted by atomic mass is 9.48. The molecule has 0 heterocycles. The molecule has 3 nitrogen and oxygen atoms in total. The van der Waals surface area contributed by atoms with E-state index in [1.807, 2.05) is 6.08 Å². The molecule has 0 aliphatic heterocycles. The van der Waals surface area contributed by atoms with Crippen LogP contribution >= 0.6 is 0 Å². The van der Waals surface area contributed by atoms with Gasteiger partial charge in [0.25, 0.3) is 0 Å². The number of esters is 1. The second kappa shape index (κ2) is 7.82. The fourth-order valence-electron chi connectivity index (χ4n) is 5.28. The molecule has 0 aromatic rings. The molecule has 144 valence electrons. The molecule has 4 rings (SSSR count). The second-order valence-corrected chi connectivity index (χ2v) is 9.59. The highest BCUT2D eigenvalue weighted by Gasteiger charge is 2.53. The summed E-state index contributed by atoms with van der Waals surface area (Å²) in [6.45, 7) is 14.9. The van der Waals surface area contributed by atoms with Crippen molar-refractivity contribution in [1.29, 1.82) is 0 Å². The van der Waals surface area contributed by atoms with Crippen molar-refractivity contribution in [3.63, 3.8) is 0 Å². The Morgan fingerprint density at radius 3 is 2.36 bits per heavy atom. The third-order valence-electron chi connectivity index (χ3n) is 7.02. The molecule has 4 aliphatic rings. The largest absolute Gasteiger partial charge is 0.462 e. The normalized spacial score (nSPS) is 38.8. The smallest absolute Gasteiger partial charge is 0.302 e. The number of fused-ring (bicyclic) bond motifs is 1. The van der Waals surface area contributed by atoms with Crippen LogP contribution in [0.3, 0.4) is 0 Å². The highest BCUT2D eigenvalue weighted by Crippen LogP contribution is 2.58. The minimum Gasteiger partial charge on any atom is -0.462 e. The summed E-state index contributed by atoms with van der Waals surface area (Å²) in [7, 11) is 0. The number of carbonyl (C=O) groups excluding carboxylic acids is 1. The van der Waals surface area contributed by atoms with Crippen LogP contribution in [0.4, 0.5) is 0 Å². The summed E-state index contributed by atoms with van der Waals surface area (Å²) in [6, 6.07) is 0. The van der Waals surface area contributed by atoms with E-state index in [4.69, 9.17) is 4.74 Å². The minimum atomic E-state index is -0.171. The number of ether oxygens (including phenoxy) is 1. The Kier molecular flexibility index (Phi) is 6.40. The molecular formula is C22H38O3. The van der Waals surface area contributed by atoms with Crippen LogP contribution in [0.5, 0.6) is 0 Å². The van der Waals surface area contributed by atoms with Crippen molar-refractivity contribution in [3.05, 3.63) is 11.6 Å². The Labute approximate surface area is 154 Å². The van der Waals surface area contributed by atoms with Crippen LogP contribution in [0.15, 0.2) is 11.6 Å². The van der Waals surface area contributed by atoms with Crippen molar-refractivity contribution in [2.75, 3.05) is 0 Å². The molecular weight excluding hydrogens is 312 g/mol. The van der Waals surface area contributed by atoms with E-state index >= 15 is 0 Å². The van der Waals surface area contributed by atoms with Gasteiger partial charge in [0.2, 0.25) is 0 Å². The molecule has 3 heteroatoms. The van der Waals surface area contributed by atoms with Gasteiger partial charge in [0.1, 0.15) is 6.10 Å². The predicted molar refractivity (Wildman–Crippen MR) is 102 cm³/mol. The van der Waals surface area contributed by atoms with E-state index < -0.39 is 0 Å². The van der Waals surface area contributed by atoms with Gasteiger partial charge in [0.15, 0.2) is 0 Å². The topological polar surface area (TPSA) is 46.5 Å². The van der Waals surface area contributed by atoms with Crippen molar-refractivity contribution < 1.29 is 14.6 Å². The third kappa shape index (κ3) is 4.48. The molecule has 0 unspecified atom stereocenters. The summed E-state index contributed by atoms with van der Waals surface area (Å²) < 4.78 is 5.40. The van der Waals surface area contributed by atoms with Gasteiger partial charge in [-0.3, -0.25) is 4.79 Å². The molecule has 0 spiro atoms. The number of aliphatic hydroxyl groups excluding tert-OH is 1. The molecule has 2 saturated carbocycles. The molecule has 2 fully saturated rings. The summed E-state index contributed by atoms with van der Waals surface area (Å²) >= 11 is 0. The van der Waals surface area contributed by atoms with Crippen molar-refractivity contribution in [3.8, 4) is 0 Å². The van der Waals surface area contributed by atoms with Crippen LogP contribution in [0.25, 0.3) is 0 Å². The van der Waals surface area contributed by atoms with Gasteiger partial charge in [-0.15, -0.1) is 0 Å². The maximum Gasteiger partial charge on any atom is 0.302 e. The van der Waals surface area contributed by atoms with Gasteiger partial charge in [0.05, 0.1) is 6.10 Å². The van der Waals surface area contributed by atoms with Gasteiger partial charge in [-0.2, -0.15) is 0 Å². The standard InChI is InChI=1S/C12H22O2.C10H16O/c1-8(2)11-6-5-9(3)7-12(11)14-10(4)13;1-6-4-9(11)8-5-7(6)10(8,2)3/h8-9,11-12H,5-7H2,1-4H3;4,7-9,11H,5H2,1-3H3/t9-,11+,12-;7-,8+,9+/m11/s1. The maximum atomic E-state index is 11.0. The first kappa shape index (κ1) is 20.5. The molecule has 6 atom stereocenters. The summed E-state index contributed by atoms with van der Waals surface area (Å²) in [4.78, 5) is 11.0. The molecule has 0 amide bonds. The van der Waals surface area contributed by atoms with Gasteiger partial charge < -0.3 is 9.84 Å². The van der Waals surface area contributed by atoms with Crippen LogP contribution in [0.1, 0.15) is 74.1 Å². The molecule has 0 aromatic heterocycles. The quantitative estimate of drug-likeness (QED) is 0.564. The fourth-order valence-corrected chi connectivity index (χ4v) is 5.28. The molecule has 25 heavy (non-hydrogen) atoms. The number of rotatable bonds is 2. The SMILES string of the molecule is CC(=O)O[C@@H]1C[C@H](C)CC[C@H]1C(C)C.CC1=C[C@H](O)[C@@H]2C[C@H]1C2(C)C. The number of aliphatic hydroxyl groups is 1. The van der Waals surface area contributed by atoms with Gasteiger partial charge in [-0.25, -0.2) is 0 Å².